The number of carbonyl (C=O) groups excluding carboxylic acids is 1. The number of carbonyl (C=O) groups is 1. The van der Waals surface area contributed by atoms with E-state index in [4.69, 9.17) is 9.47 Å². The number of anilines is 1. The van der Waals surface area contributed by atoms with Crippen molar-refractivity contribution in [2.45, 2.75) is 24.8 Å². The summed E-state index contributed by atoms with van der Waals surface area (Å²) in [5.74, 6) is -0.303. The van der Waals surface area contributed by atoms with Gasteiger partial charge in [0.05, 0.1) is 7.11 Å². The summed E-state index contributed by atoms with van der Waals surface area (Å²) in [4.78, 5) is 17.3. The first-order chi connectivity index (χ1) is 17.0. The molecule has 0 atom stereocenters. The van der Waals surface area contributed by atoms with Crippen molar-refractivity contribution in [2.75, 3.05) is 38.3 Å². The Balaban J connectivity index is 1.32. The lowest BCUT2D eigenvalue weighted by atomic mass is 9.74. The van der Waals surface area contributed by atoms with Crippen molar-refractivity contribution >= 4 is 11.6 Å². The van der Waals surface area contributed by atoms with Crippen molar-refractivity contribution in [3.05, 3.63) is 89.5 Å². The summed E-state index contributed by atoms with van der Waals surface area (Å²) in [6.45, 7) is 2.70. The standard InChI is InChI=1S/C28H28F2N2O3/c1-34-22-8-10-26-23(16-22)28(19-32(26)27(33)18-35-21-5-3-2-4-6-21)11-13-31(14-12-28)17-20-7-9-24(29)25(30)15-20/h2-10,15-16H,11-14,17-19H2,1H3. The Bertz CT molecular complexity index is 1210. The molecule has 3 aromatic carbocycles. The van der Waals surface area contributed by atoms with Gasteiger partial charge in [0.1, 0.15) is 11.5 Å². The monoisotopic (exact) mass is 478 g/mol. The molecule has 5 rings (SSSR count). The van der Waals surface area contributed by atoms with Crippen LogP contribution in [-0.2, 0) is 16.8 Å². The Hall–Kier alpha value is -3.45. The maximum absolute atomic E-state index is 13.6. The number of hydrogen-bond acceptors (Lipinski definition) is 4. The van der Waals surface area contributed by atoms with Gasteiger partial charge >= 0.3 is 0 Å². The molecule has 0 aliphatic carbocycles. The molecule has 0 bridgehead atoms. The lowest BCUT2D eigenvalue weighted by Gasteiger charge is -2.40. The van der Waals surface area contributed by atoms with Crippen LogP contribution in [-0.4, -0.2) is 44.2 Å². The fourth-order valence-corrected chi connectivity index (χ4v) is 5.20. The number of ether oxygens (including phenoxy) is 2. The second kappa shape index (κ2) is 9.66. The van der Waals surface area contributed by atoms with Gasteiger partial charge in [-0.25, -0.2) is 8.78 Å². The van der Waals surface area contributed by atoms with Crippen LogP contribution in [0.5, 0.6) is 11.5 Å². The minimum Gasteiger partial charge on any atom is -0.497 e. The fraction of sp³-hybridized carbons (Fsp3) is 0.321. The van der Waals surface area contributed by atoms with E-state index in [1.807, 2.05) is 53.4 Å². The number of methoxy groups -OCH3 is 1. The number of likely N-dealkylation sites (tertiary alicyclic amines) is 1. The molecule has 0 N–H and O–H groups in total. The van der Waals surface area contributed by atoms with Gasteiger partial charge < -0.3 is 14.4 Å². The summed E-state index contributed by atoms with van der Waals surface area (Å²) in [7, 11) is 1.64. The van der Waals surface area contributed by atoms with Crippen molar-refractivity contribution in [3.8, 4) is 11.5 Å². The van der Waals surface area contributed by atoms with Crippen LogP contribution in [0.15, 0.2) is 66.7 Å². The van der Waals surface area contributed by atoms with E-state index >= 15 is 0 Å². The number of hydrogen-bond donors (Lipinski definition) is 0. The van der Waals surface area contributed by atoms with Gasteiger partial charge in [-0.2, -0.15) is 0 Å². The maximum Gasteiger partial charge on any atom is 0.264 e. The molecule has 2 aliphatic heterocycles. The number of benzene rings is 3. The largest absolute Gasteiger partial charge is 0.497 e. The topological polar surface area (TPSA) is 42.0 Å². The van der Waals surface area contributed by atoms with Crippen molar-refractivity contribution in [1.82, 2.24) is 4.90 Å². The van der Waals surface area contributed by atoms with E-state index in [9.17, 15) is 13.6 Å². The highest BCUT2D eigenvalue weighted by Crippen LogP contribution is 2.48. The Morgan fingerprint density at radius 1 is 0.943 bits per heavy atom. The zero-order valence-electron chi connectivity index (χ0n) is 19.7. The van der Waals surface area contributed by atoms with Crippen molar-refractivity contribution in [2.24, 2.45) is 0 Å². The number of fused-ring (bicyclic) bond motifs is 2. The average molecular weight is 479 g/mol. The van der Waals surface area contributed by atoms with Gasteiger partial charge in [-0.15, -0.1) is 0 Å². The van der Waals surface area contributed by atoms with E-state index in [1.165, 1.54) is 12.1 Å². The fourth-order valence-electron chi connectivity index (χ4n) is 5.20. The van der Waals surface area contributed by atoms with Crippen LogP contribution in [0, 0.1) is 11.6 Å². The highest BCUT2D eigenvalue weighted by Gasteiger charge is 2.46. The maximum atomic E-state index is 13.6. The van der Waals surface area contributed by atoms with Gasteiger partial charge in [-0.3, -0.25) is 9.69 Å². The quantitative estimate of drug-likeness (QED) is 0.504. The van der Waals surface area contributed by atoms with E-state index < -0.39 is 11.6 Å². The van der Waals surface area contributed by atoms with Gasteiger partial charge in [0, 0.05) is 24.2 Å². The van der Waals surface area contributed by atoms with Gasteiger partial charge in [0.15, 0.2) is 18.2 Å². The van der Waals surface area contributed by atoms with Crippen molar-refractivity contribution in [3.63, 3.8) is 0 Å². The van der Waals surface area contributed by atoms with Crippen LogP contribution >= 0.6 is 0 Å². The Morgan fingerprint density at radius 3 is 2.43 bits per heavy atom. The molecule has 1 saturated heterocycles. The van der Waals surface area contributed by atoms with Gasteiger partial charge in [0.25, 0.3) is 5.91 Å². The summed E-state index contributed by atoms with van der Waals surface area (Å²) >= 11 is 0. The number of rotatable bonds is 6. The zero-order valence-corrected chi connectivity index (χ0v) is 19.7. The average Bonchev–Trinajstić information content (AvgIpc) is 3.20. The van der Waals surface area contributed by atoms with Crippen molar-refractivity contribution < 1.29 is 23.0 Å². The van der Waals surface area contributed by atoms with Gasteiger partial charge in [-0.05, 0) is 79.5 Å². The van der Waals surface area contributed by atoms with E-state index in [0.29, 0.717) is 18.8 Å². The second-order valence-electron chi connectivity index (χ2n) is 9.27. The first-order valence-corrected chi connectivity index (χ1v) is 11.8. The summed E-state index contributed by atoms with van der Waals surface area (Å²) in [6, 6.07) is 19.3. The zero-order chi connectivity index (χ0) is 24.4. The van der Waals surface area contributed by atoms with E-state index in [1.54, 1.807) is 13.2 Å². The minimum atomic E-state index is -0.830. The molecule has 1 amide bonds. The number of piperidine rings is 1. The number of nitrogens with zero attached hydrogens (tertiary/aromatic N) is 2. The molecule has 5 nitrogen and oxygen atoms in total. The molecule has 0 unspecified atom stereocenters. The van der Waals surface area contributed by atoms with Crippen LogP contribution < -0.4 is 14.4 Å². The Labute approximate surface area is 203 Å². The molecule has 0 saturated carbocycles. The predicted molar refractivity (Wildman–Crippen MR) is 130 cm³/mol. The van der Waals surface area contributed by atoms with Crippen LogP contribution in [0.2, 0.25) is 0 Å². The summed E-state index contributed by atoms with van der Waals surface area (Å²) in [6.07, 6.45) is 1.69. The molecule has 0 aromatic heterocycles. The first-order valence-electron chi connectivity index (χ1n) is 11.8. The molecule has 2 aliphatic rings. The minimum absolute atomic E-state index is 0.0339. The van der Waals surface area contributed by atoms with Gasteiger partial charge in [0.2, 0.25) is 0 Å². The molecule has 1 spiro atoms. The van der Waals surface area contributed by atoms with Crippen LogP contribution in [0.3, 0.4) is 0 Å². The van der Waals surface area contributed by atoms with Gasteiger partial charge in [-0.1, -0.05) is 24.3 Å². The van der Waals surface area contributed by atoms with E-state index in [0.717, 1.165) is 48.5 Å². The normalized spacial score (nSPS) is 16.8. The molecule has 2 heterocycles. The molecule has 7 heteroatoms. The van der Waals surface area contributed by atoms with Crippen LogP contribution in [0.4, 0.5) is 14.5 Å². The van der Waals surface area contributed by atoms with Crippen LogP contribution in [0.1, 0.15) is 24.0 Å². The van der Waals surface area contributed by atoms with Crippen molar-refractivity contribution in [1.29, 1.82) is 0 Å². The third kappa shape index (κ3) is 4.73. The Kier molecular flexibility index (Phi) is 6.43. The van der Waals surface area contributed by atoms with E-state index in [-0.39, 0.29) is 17.9 Å². The molecular formula is C28H28F2N2O3. The lowest BCUT2D eigenvalue weighted by Crippen LogP contribution is -2.46. The predicted octanol–water partition coefficient (Wildman–Crippen LogP) is 4.93. The van der Waals surface area contributed by atoms with E-state index in [2.05, 4.69) is 4.90 Å². The highest BCUT2D eigenvalue weighted by molar-refractivity contribution is 5.97. The summed E-state index contributed by atoms with van der Waals surface area (Å²) in [5.41, 5.74) is 2.60. The number of halogens is 2. The molecule has 3 aromatic rings. The third-order valence-corrected chi connectivity index (χ3v) is 7.14. The SMILES string of the molecule is COc1ccc2c(c1)C1(CCN(Cc3ccc(F)c(F)c3)CC1)CN2C(=O)COc1ccccc1. The lowest BCUT2D eigenvalue weighted by molar-refractivity contribution is -0.120. The first kappa shape index (κ1) is 23.3. The molecule has 1 fully saturated rings. The number of amides is 1. The molecular weight excluding hydrogens is 450 g/mol. The molecule has 0 radical (unpaired) electrons. The smallest absolute Gasteiger partial charge is 0.264 e. The third-order valence-electron chi connectivity index (χ3n) is 7.14. The summed E-state index contributed by atoms with van der Waals surface area (Å²) < 4.78 is 38.2. The molecule has 182 valence electrons. The number of para-hydroxylation sites is 1. The Morgan fingerprint density at radius 2 is 1.71 bits per heavy atom. The van der Waals surface area contributed by atoms with Crippen LogP contribution in [0.25, 0.3) is 0 Å². The molecule has 35 heavy (non-hydrogen) atoms. The summed E-state index contributed by atoms with van der Waals surface area (Å²) in [5, 5.41) is 0. The second-order valence-corrected chi connectivity index (χ2v) is 9.27. The highest BCUT2D eigenvalue weighted by atomic mass is 19.2.